The van der Waals surface area contributed by atoms with Crippen LogP contribution in [0.1, 0.15) is 5.56 Å². The van der Waals surface area contributed by atoms with E-state index >= 15 is 0 Å². The predicted molar refractivity (Wildman–Crippen MR) is 71.9 cm³/mol. The van der Waals surface area contributed by atoms with E-state index in [9.17, 15) is 4.79 Å². The number of carbonyl (C=O) groups is 1. The summed E-state index contributed by atoms with van der Waals surface area (Å²) < 4.78 is 7.17. The van der Waals surface area contributed by atoms with Crippen LogP contribution in [-0.2, 0) is 11.3 Å². The van der Waals surface area contributed by atoms with Crippen LogP contribution in [0.15, 0.2) is 42.7 Å². The smallest absolute Gasteiger partial charge is 0.258 e. The van der Waals surface area contributed by atoms with Crippen LogP contribution in [0.25, 0.3) is 0 Å². The van der Waals surface area contributed by atoms with Crippen molar-refractivity contribution in [3.8, 4) is 5.75 Å². The van der Waals surface area contributed by atoms with E-state index in [0.717, 1.165) is 5.56 Å². The van der Waals surface area contributed by atoms with Crippen LogP contribution in [0, 0.1) is 6.92 Å². The van der Waals surface area contributed by atoms with Gasteiger partial charge in [-0.15, -0.1) is 0 Å². The molecule has 0 unspecified atom stereocenters. The minimum Gasteiger partial charge on any atom is -0.484 e. The van der Waals surface area contributed by atoms with Crippen LogP contribution >= 0.6 is 0 Å². The Morgan fingerprint density at radius 3 is 3.05 bits per heavy atom. The topological polar surface area (TPSA) is 56.1 Å². The quantitative estimate of drug-likeness (QED) is 0.852. The SMILES string of the molecule is Cc1cccc(OCC(=O)NCCn2cccn2)c1. The highest BCUT2D eigenvalue weighted by Gasteiger charge is 2.02. The molecule has 1 aromatic heterocycles. The molecule has 0 bridgehead atoms. The highest BCUT2D eigenvalue weighted by Crippen LogP contribution is 2.11. The zero-order valence-electron chi connectivity index (χ0n) is 10.9. The number of nitrogens with zero attached hydrogens (tertiary/aromatic N) is 2. The minimum absolute atomic E-state index is 0.0303. The van der Waals surface area contributed by atoms with Gasteiger partial charge < -0.3 is 10.1 Å². The average Bonchev–Trinajstić information content (AvgIpc) is 2.90. The van der Waals surface area contributed by atoms with Crippen molar-refractivity contribution in [1.82, 2.24) is 15.1 Å². The van der Waals surface area contributed by atoms with Gasteiger partial charge in [0.1, 0.15) is 5.75 Å². The maximum atomic E-state index is 11.6. The summed E-state index contributed by atoms with van der Waals surface area (Å²) in [5, 5.41) is 6.83. The van der Waals surface area contributed by atoms with Gasteiger partial charge in [-0.25, -0.2) is 0 Å². The van der Waals surface area contributed by atoms with E-state index in [-0.39, 0.29) is 12.5 Å². The average molecular weight is 259 g/mol. The molecule has 1 N–H and O–H groups in total. The zero-order chi connectivity index (χ0) is 13.5. The second-order valence-corrected chi connectivity index (χ2v) is 4.22. The molecule has 0 spiro atoms. The molecule has 0 radical (unpaired) electrons. The number of aromatic nitrogens is 2. The van der Waals surface area contributed by atoms with Crippen LogP contribution < -0.4 is 10.1 Å². The van der Waals surface area contributed by atoms with Gasteiger partial charge in [0, 0.05) is 18.9 Å². The molecule has 0 saturated carbocycles. The first-order valence-corrected chi connectivity index (χ1v) is 6.17. The van der Waals surface area contributed by atoms with Crippen LogP contribution in [0.4, 0.5) is 0 Å². The molecule has 0 aliphatic heterocycles. The maximum absolute atomic E-state index is 11.6. The molecular weight excluding hydrogens is 242 g/mol. The van der Waals surface area contributed by atoms with Crippen LogP contribution in [0.5, 0.6) is 5.75 Å². The van der Waals surface area contributed by atoms with Crippen LogP contribution in [-0.4, -0.2) is 28.8 Å². The first-order chi connectivity index (χ1) is 9.24. The molecule has 1 heterocycles. The number of amides is 1. The van der Waals surface area contributed by atoms with Crippen LogP contribution in [0.2, 0.25) is 0 Å². The minimum atomic E-state index is -0.131. The molecule has 0 atom stereocenters. The third kappa shape index (κ3) is 4.46. The number of benzene rings is 1. The lowest BCUT2D eigenvalue weighted by Gasteiger charge is -2.08. The van der Waals surface area contributed by atoms with E-state index < -0.39 is 0 Å². The molecule has 2 rings (SSSR count). The highest BCUT2D eigenvalue weighted by atomic mass is 16.5. The van der Waals surface area contributed by atoms with E-state index in [1.165, 1.54) is 0 Å². The van der Waals surface area contributed by atoms with E-state index in [0.29, 0.717) is 18.8 Å². The molecular formula is C14H17N3O2. The Labute approximate surface area is 112 Å². The molecule has 0 fully saturated rings. The molecule has 5 heteroatoms. The van der Waals surface area contributed by atoms with E-state index in [4.69, 9.17) is 4.74 Å². The molecule has 0 aliphatic rings. The molecule has 1 aromatic carbocycles. The number of nitrogens with one attached hydrogen (secondary N) is 1. The lowest BCUT2D eigenvalue weighted by atomic mass is 10.2. The van der Waals surface area contributed by atoms with Gasteiger partial charge in [0.25, 0.3) is 5.91 Å². The predicted octanol–water partition coefficient (Wildman–Crippen LogP) is 1.39. The Bertz CT molecular complexity index is 523. The number of carbonyl (C=O) groups excluding carboxylic acids is 1. The summed E-state index contributed by atoms with van der Waals surface area (Å²) >= 11 is 0. The third-order valence-corrected chi connectivity index (χ3v) is 2.58. The first kappa shape index (κ1) is 13.1. The normalized spacial score (nSPS) is 10.2. The van der Waals surface area contributed by atoms with Crippen molar-refractivity contribution in [2.45, 2.75) is 13.5 Å². The van der Waals surface area contributed by atoms with Crippen molar-refractivity contribution in [1.29, 1.82) is 0 Å². The van der Waals surface area contributed by atoms with Gasteiger partial charge in [-0.3, -0.25) is 9.48 Å². The Kier molecular flexibility index (Phi) is 4.55. The van der Waals surface area contributed by atoms with Gasteiger partial charge in [0.15, 0.2) is 6.61 Å². The maximum Gasteiger partial charge on any atom is 0.258 e. The second kappa shape index (κ2) is 6.58. The van der Waals surface area contributed by atoms with Crippen molar-refractivity contribution in [3.63, 3.8) is 0 Å². The monoisotopic (exact) mass is 259 g/mol. The van der Waals surface area contributed by atoms with Gasteiger partial charge in [-0.2, -0.15) is 5.10 Å². The third-order valence-electron chi connectivity index (χ3n) is 2.58. The zero-order valence-corrected chi connectivity index (χ0v) is 10.9. The Morgan fingerprint density at radius 2 is 2.32 bits per heavy atom. The number of rotatable bonds is 6. The van der Waals surface area contributed by atoms with Gasteiger partial charge in [-0.1, -0.05) is 12.1 Å². The summed E-state index contributed by atoms with van der Waals surface area (Å²) in [4.78, 5) is 11.6. The molecule has 0 aliphatic carbocycles. The summed E-state index contributed by atoms with van der Waals surface area (Å²) in [7, 11) is 0. The molecule has 19 heavy (non-hydrogen) atoms. The van der Waals surface area contributed by atoms with Crippen molar-refractivity contribution >= 4 is 5.91 Å². The first-order valence-electron chi connectivity index (χ1n) is 6.17. The molecule has 5 nitrogen and oxygen atoms in total. The van der Waals surface area contributed by atoms with Gasteiger partial charge in [0.05, 0.1) is 6.54 Å². The van der Waals surface area contributed by atoms with Crippen molar-refractivity contribution in [3.05, 3.63) is 48.3 Å². The second-order valence-electron chi connectivity index (χ2n) is 4.22. The standard InChI is InChI=1S/C14H17N3O2/c1-12-4-2-5-13(10-12)19-11-14(18)15-7-9-17-8-3-6-16-17/h2-6,8,10H,7,9,11H2,1H3,(H,15,18). The highest BCUT2D eigenvalue weighted by molar-refractivity contribution is 5.77. The van der Waals surface area contributed by atoms with E-state index in [1.807, 2.05) is 43.5 Å². The lowest BCUT2D eigenvalue weighted by Crippen LogP contribution is -2.31. The summed E-state index contributed by atoms with van der Waals surface area (Å²) in [5.41, 5.74) is 1.11. The summed E-state index contributed by atoms with van der Waals surface area (Å²) in [6.07, 6.45) is 3.57. The van der Waals surface area contributed by atoms with Gasteiger partial charge >= 0.3 is 0 Å². The lowest BCUT2D eigenvalue weighted by molar-refractivity contribution is -0.123. The summed E-state index contributed by atoms with van der Waals surface area (Å²) in [6.45, 7) is 3.21. The van der Waals surface area contributed by atoms with Crippen LogP contribution in [0.3, 0.4) is 0 Å². The largest absolute Gasteiger partial charge is 0.484 e. The van der Waals surface area contributed by atoms with Crippen molar-refractivity contribution < 1.29 is 9.53 Å². The molecule has 2 aromatic rings. The molecule has 1 amide bonds. The Hall–Kier alpha value is -2.30. The van der Waals surface area contributed by atoms with E-state index in [2.05, 4.69) is 10.4 Å². The Morgan fingerprint density at radius 1 is 1.42 bits per heavy atom. The van der Waals surface area contributed by atoms with Gasteiger partial charge in [-0.05, 0) is 30.7 Å². The van der Waals surface area contributed by atoms with E-state index in [1.54, 1.807) is 10.9 Å². The van der Waals surface area contributed by atoms with Crippen molar-refractivity contribution in [2.24, 2.45) is 0 Å². The number of ether oxygens (including phenoxy) is 1. The molecule has 100 valence electrons. The molecule has 0 saturated heterocycles. The number of aryl methyl sites for hydroxylation is 1. The number of hydrogen-bond acceptors (Lipinski definition) is 3. The van der Waals surface area contributed by atoms with Crippen molar-refractivity contribution in [2.75, 3.05) is 13.2 Å². The fourth-order valence-electron chi connectivity index (χ4n) is 1.65. The summed E-state index contributed by atoms with van der Waals surface area (Å²) in [5.74, 6) is 0.580. The summed E-state index contributed by atoms with van der Waals surface area (Å²) in [6, 6.07) is 9.47. The van der Waals surface area contributed by atoms with Gasteiger partial charge in [0.2, 0.25) is 0 Å². The fourth-order valence-corrected chi connectivity index (χ4v) is 1.65. The Balaban J connectivity index is 1.67. The fraction of sp³-hybridized carbons (Fsp3) is 0.286. The number of hydrogen-bond donors (Lipinski definition) is 1.